The Kier molecular flexibility index (Phi) is 4.76. The number of halogens is 3. The summed E-state index contributed by atoms with van der Waals surface area (Å²) < 4.78 is 41.6. The Hall–Kier alpha value is -2.58. The summed E-state index contributed by atoms with van der Waals surface area (Å²) >= 11 is 0. The molecule has 0 bridgehead atoms. The van der Waals surface area contributed by atoms with E-state index in [9.17, 15) is 18.0 Å². The summed E-state index contributed by atoms with van der Waals surface area (Å²) in [6, 6.07) is 2.67. The zero-order valence-electron chi connectivity index (χ0n) is 15.5. The van der Waals surface area contributed by atoms with Crippen molar-refractivity contribution >= 4 is 11.7 Å². The summed E-state index contributed by atoms with van der Waals surface area (Å²) in [7, 11) is 0. The number of hydrogen-bond acceptors (Lipinski definition) is 4. The highest BCUT2D eigenvalue weighted by molar-refractivity contribution is 5.94. The average molecular weight is 393 g/mol. The van der Waals surface area contributed by atoms with Gasteiger partial charge < -0.3 is 10.2 Å². The van der Waals surface area contributed by atoms with E-state index in [1.165, 1.54) is 0 Å². The lowest BCUT2D eigenvalue weighted by Crippen LogP contribution is -2.39. The Balaban J connectivity index is 1.67. The first-order valence-electron chi connectivity index (χ1n) is 9.48. The van der Waals surface area contributed by atoms with Crippen molar-refractivity contribution in [2.75, 3.05) is 11.9 Å². The van der Waals surface area contributed by atoms with Gasteiger partial charge in [0.2, 0.25) is 0 Å². The van der Waals surface area contributed by atoms with Crippen molar-refractivity contribution in [3.8, 4) is 0 Å². The second-order valence-corrected chi connectivity index (χ2v) is 7.48. The molecule has 6 nitrogen and oxygen atoms in total. The van der Waals surface area contributed by atoms with E-state index in [-0.39, 0.29) is 24.4 Å². The Morgan fingerprint density at radius 3 is 2.71 bits per heavy atom. The van der Waals surface area contributed by atoms with E-state index < -0.39 is 12.2 Å². The number of carbonyl (C=O) groups is 1. The summed E-state index contributed by atoms with van der Waals surface area (Å²) in [4.78, 5) is 18.6. The van der Waals surface area contributed by atoms with Gasteiger partial charge in [0.25, 0.3) is 5.91 Å². The van der Waals surface area contributed by atoms with Gasteiger partial charge in [-0.2, -0.15) is 18.3 Å². The largest absolute Gasteiger partial charge is 0.410 e. The van der Waals surface area contributed by atoms with Crippen LogP contribution in [-0.4, -0.2) is 44.3 Å². The Labute approximate surface area is 160 Å². The van der Waals surface area contributed by atoms with Crippen molar-refractivity contribution in [2.24, 2.45) is 0 Å². The van der Waals surface area contributed by atoms with Gasteiger partial charge in [-0.3, -0.25) is 9.78 Å². The van der Waals surface area contributed by atoms with Crippen molar-refractivity contribution in [3.63, 3.8) is 0 Å². The third-order valence-electron chi connectivity index (χ3n) is 5.43. The lowest BCUT2D eigenvalue weighted by Gasteiger charge is -2.35. The first kappa shape index (κ1) is 18.8. The lowest BCUT2D eigenvalue weighted by molar-refractivity contribution is -0.173. The van der Waals surface area contributed by atoms with Crippen LogP contribution in [0.15, 0.2) is 30.6 Å². The Morgan fingerprint density at radius 2 is 2.00 bits per heavy atom. The van der Waals surface area contributed by atoms with Gasteiger partial charge in [-0.15, -0.1) is 0 Å². The van der Waals surface area contributed by atoms with Gasteiger partial charge in [0, 0.05) is 36.6 Å². The molecule has 9 heteroatoms. The number of carbonyl (C=O) groups excluding carboxylic acids is 1. The predicted octanol–water partition coefficient (Wildman–Crippen LogP) is 3.95. The van der Waals surface area contributed by atoms with Crippen LogP contribution in [0.2, 0.25) is 0 Å². The molecule has 0 saturated carbocycles. The van der Waals surface area contributed by atoms with Crippen LogP contribution in [0.25, 0.3) is 0 Å². The van der Waals surface area contributed by atoms with Crippen LogP contribution in [0.4, 0.5) is 19.0 Å². The lowest BCUT2D eigenvalue weighted by atomic mass is 9.98. The number of anilines is 1. The molecule has 1 amide bonds. The molecule has 1 fully saturated rings. The van der Waals surface area contributed by atoms with Crippen LogP contribution < -0.4 is 5.32 Å². The number of alkyl halides is 3. The van der Waals surface area contributed by atoms with E-state index in [0.717, 1.165) is 17.5 Å². The van der Waals surface area contributed by atoms with E-state index in [1.54, 1.807) is 42.4 Å². The molecule has 0 aromatic carbocycles. The number of pyridine rings is 1. The molecule has 0 aliphatic carbocycles. The summed E-state index contributed by atoms with van der Waals surface area (Å²) in [5.41, 5.74) is 1.03. The second-order valence-electron chi connectivity index (χ2n) is 7.48. The van der Waals surface area contributed by atoms with Gasteiger partial charge >= 0.3 is 6.18 Å². The van der Waals surface area contributed by atoms with Gasteiger partial charge in [-0.25, -0.2) is 4.68 Å². The molecule has 150 valence electrons. The molecule has 0 spiro atoms. The number of nitrogens with one attached hydrogen (secondary N) is 1. The quantitative estimate of drug-likeness (QED) is 0.839. The van der Waals surface area contributed by atoms with Crippen molar-refractivity contribution in [2.45, 2.75) is 56.9 Å². The highest BCUT2D eigenvalue weighted by Crippen LogP contribution is 2.41. The fraction of sp³-hybridized carbons (Fsp3) is 0.526. The molecule has 4 rings (SSSR count). The average Bonchev–Trinajstić information content (AvgIpc) is 3.10. The summed E-state index contributed by atoms with van der Waals surface area (Å²) in [6.07, 6.45) is 1.12. The predicted molar refractivity (Wildman–Crippen MR) is 96.9 cm³/mol. The number of amides is 1. The number of nitrogens with zero attached hydrogens (tertiary/aromatic N) is 4. The second kappa shape index (κ2) is 7.10. The number of rotatable bonds is 2. The molecule has 2 aliphatic heterocycles. The molecule has 2 aliphatic rings. The first-order valence-corrected chi connectivity index (χ1v) is 9.48. The van der Waals surface area contributed by atoms with Gasteiger partial charge in [-0.1, -0.05) is 0 Å². The molecule has 4 heterocycles. The summed E-state index contributed by atoms with van der Waals surface area (Å²) in [6.45, 7) is 2.29. The molecular weight excluding hydrogens is 371 g/mol. The van der Waals surface area contributed by atoms with Crippen LogP contribution in [-0.2, 0) is 0 Å². The fourth-order valence-electron chi connectivity index (χ4n) is 4.08. The number of likely N-dealkylation sites (tertiary alicyclic amines) is 1. The highest BCUT2D eigenvalue weighted by Gasteiger charge is 2.46. The van der Waals surface area contributed by atoms with E-state index in [1.807, 2.05) is 0 Å². The molecule has 28 heavy (non-hydrogen) atoms. The molecule has 0 radical (unpaired) electrons. The zero-order chi connectivity index (χ0) is 19.9. The van der Waals surface area contributed by atoms with Crippen LogP contribution in [0.5, 0.6) is 0 Å². The monoisotopic (exact) mass is 393 g/mol. The van der Waals surface area contributed by atoms with Crippen molar-refractivity contribution in [1.82, 2.24) is 19.7 Å². The minimum absolute atomic E-state index is 0.0675. The van der Waals surface area contributed by atoms with Gasteiger partial charge in [0.1, 0.15) is 5.82 Å². The molecule has 2 aromatic rings. The minimum Gasteiger partial charge on any atom is -0.368 e. The van der Waals surface area contributed by atoms with Gasteiger partial charge in [-0.05, 0) is 44.7 Å². The van der Waals surface area contributed by atoms with E-state index in [2.05, 4.69) is 15.4 Å². The molecule has 0 unspecified atom stereocenters. The summed E-state index contributed by atoms with van der Waals surface area (Å²) in [5.74, 6) is 0.213. The maximum absolute atomic E-state index is 13.5. The highest BCUT2D eigenvalue weighted by atomic mass is 19.4. The standard InChI is InChI=1S/C19H22F3N5O/c1-12-10-16(19(20,21)22)27-17(24-12)11-14(25-27)15-4-2-3-9-26(15)18(28)13-5-7-23-8-6-13/h5-8,11-12,15-16,24H,2-4,9-10H2,1H3/t12-,15+,16-/m1/s1. The normalized spacial score (nSPS) is 25.1. The maximum Gasteiger partial charge on any atom is 0.410 e. The van der Waals surface area contributed by atoms with Crippen molar-refractivity contribution in [3.05, 3.63) is 41.9 Å². The maximum atomic E-state index is 13.5. The Morgan fingerprint density at radius 1 is 1.25 bits per heavy atom. The van der Waals surface area contributed by atoms with Crippen LogP contribution >= 0.6 is 0 Å². The fourth-order valence-corrected chi connectivity index (χ4v) is 4.08. The van der Waals surface area contributed by atoms with Crippen molar-refractivity contribution in [1.29, 1.82) is 0 Å². The number of fused-ring (bicyclic) bond motifs is 1. The third kappa shape index (κ3) is 3.45. The van der Waals surface area contributed by atoms with Gasteiger partial charge in [0.05, 0.1) is 11.7 Å². The minimum atomic E-state index is -4.37. The number of aromatic nitrogens is 3. The van der Waals surface area contributed by atoms with Crippen molar-refractivity contribution < 1.29 is 18.0 Å². The molecular formula is C19H22F3N5O. The number of piperidine rings is 1. The Bertz CT molecular complexity index is 851. The topological polar surface area (TPSA) is 63.1 Å². The van der Waals surface area contributed by atoms with Gasteiger partial charge in [0.15, 0.2) is 6.04 Å². The first-order chi connectivity index (χ1) is 13.3. The van der Waals surface area contributed by atoms with Crippen LogP contribution in [0.3, 0.4) is 0 Å². The van der Waals surface area contributed by atoms with Crippen LogP contribution in [0, 0.1) is 0 Å². The third-order valence-corrected chi connectivity index (χ3v) is 5.43. The molecule has 3 atom stereocenters. The zero-order valence-corrected chi connectivity index (χ0v) is 15.5. The summed E-state index contributed by atoms with van der Waals surface area (Å²) in [5, 5.41) is 7.40. The molecule has 1 N–H and O–H groups in total. The smallest absolute Gasteiger partial charge is 0.368 e. The van der Waals surface area contributed by atoms with Crippen LogP contribution in [0.1, 0.15) is 60.7 Å². The van der Waals surface area contributed by atoms with E-state index in [0.29, 0.717) is 30.0 Å². The molecule has 2 aromatic heterocycles. The molecule has 1 saturated heterocycles. The van der Waals surface area contributed by atoms with E-state index in [4.69, 9.17) is 0 Å². The number of hydrogen-bond donors (Lipinski definition) is 1. The van der Waals surface area contributed by atoms with E-state index >= 15 is 0 Å². The SMILES string of the molecule is C[C@@H]1C[C@H](C(F)(F)F)n2nc([C@@H]3CCCCN3C(=O)c3ccncc3)cc2N1.